The topological polar surface area (TPSA) is 34.5 Å². The maximum atomic E-state index is 7.10. The SMILES string of the molecule is CC1(C)c2cc(N(c3ccc(-c4ccccc4)cc3)c3ccc4c(c3)C(C)(C)c3c5c(c6oc7ccccc7c6c3-4)-c3ccccc3C5(C)C)ccc2-c2c1cc(-c1ccc3c4ccccc4n(-c4ccccc4)c3c1)c1oc3ccccc3c21. The van der Waals surface area contributed by atoms with Crippen LogP contribution in [0.25, 0.3) is 127 Å². The molecular formula is C81H58N2O2. The summed E-state index contributed by atoms with van der Waals surface area (Å²) in [5.74, 6) is 0. The summed E-state index contributed by atoms with van der Waals surface area (Å²) in [6, 6.07) is 89.6. The van der Waals surface area contributed by atoms with Crippen molar-refractivity contribution in [2.75, 3.05) is 4.90 Å². The number of nitrogens with zero attached hydrogens (tertiary/aromatic N) is 2. The number of hydrogen-bond acceptors (Lipinski definition) is 3. The predicted molar refractivity (Wildman–Crippen MR) is 354 cm³/mol. The number of benzene rings is 12. The summed E-state index contributed by atoms with van der Waals surface area (Å²) in [5, 5.41) is 7.13. The molecule has 404 valence electrons. The van der Waals surface area contributed by atoms with Crippen molar-refractivity contribution < 1.29 is 8.83 Å². The lowest BCUT2D eigenvalue weighted by Gasteiger charge is -2.32. The molecule has 0 bridgehead atoms. The van der Waals surface area contributed by atoms with Gasteiger partial charge in [0, 0.05) is 82.4 Å². The van der Waals surface area contributed by atoms with E-state index in [1.807, 2.05) is 0 Å². The third-order valence-corrected chi connectivity index (χ3v) is 19.9. The van der Waals surface area contributed by atoms with E-state index in [9.17, 15) is 0 Å². The fourth-order valence-corrected chi connectivity index (χ4v) is 16.0. The van der Waals surface area contributed by atoms with E-state index in [1.165, 1.54) is 105 Å². The lowest BCUT2D eigenvalue weighted by molar-refractivity contribution is 0.600. The first-order valence-electron chi connectivity index (χ1n) is 29.9. The molecule has 0 saturated carbocycles. The predicted octanol–water partition coefficient (Wildman–Crippen LogP) is 22.3. The molecule has 0 spiro atoms. The van der Waals surface area contributed by atoms with Crippen LogP contribution < -0.4 is 4.90 Å². The lowest BCUT2D eigenvalue weighted by atomic mass is 9.72. The first kappa shape index (κ1) is 48.4. The summed E-state index contributed by atoms with van der Waals surface area (Å²) in [7, 11) is 0. The Morgan fingerprint density at radius 2 is 0.824 bits per heavy atom. The summed E-state index contributed by atoms with van der Waals surface area (Å²) in [4.78, 5) is 2.50. The van der Waals surface area contributed by atoms with Gasteiger partial charge in [-0.2, -0.15) is 0 Å². The molecule has 0 unspecified atom stereocenters. The summed E-state index contributed by atoms with van der Waals surface area (Å²) >= 11 is 0. The van der Waals surface area contributed by atoms with Crippen molar-refractivity contribution in [1.82, 2.24) is 4.57 Å². The van der Waals surface area contributed by atoms with E-state index in [2.05, 4.69) is 294 Å². The number of fused-ring (bicyclic) bond motifs is 22. The maximum absolute atomic E-state index is 7.10. The van der Waals surface area contributed by atoms with Gasteiger partial charge >= 0.3 is 0 Å². The molecule has 0 radical (unpaired) electrons. The van der Waals surface area contributed by atoms with Crippen LogP contribution in [0.3, 0.4) is 0 Å². The second-order valence-corrected chi connectivity index (χ2v) is 25.5. The largest absolute Gasteiger partial charge is 0.455 e. The highest BCUT2D eigenvalue weighted by atomic mass is 16.3. The van der Waals surface area contributed by atoms with Crippen molar-refractivity contribution in [2.24, 2.45) is 0 Å². The molecule has 0 saturated heterocycles. The van der Waals surface area contributed by atoms with Crippen molar-refractivity contribution in [1.29, 1.82) is 0 Å². The molecule has 12 aromatic carbocycles. The third-order valence-electron chi connectivity index (χ3n) is 19.9. The van der Waals surface area contributed by atoms with E-state index in [-0.39, 0.29) is 16.2 Å². The molecule has 3 aliphatic carbocycles. The van der Waals surface area contributed by atoms with Crippen LogP contribution in [0.1, 0.15) is 74.9 Å². The maximum Gasteiger partial charge on any atom is 0.144 e. The number of furan rings is 2. The van der Waals surface area contributed by atoms with Gasteiger partial charge in [0.25, 0.3) is 0 Å². The van der Waals surface area contributed by atoms with Crippen molar-refractivity contribution >= 4 is 82.7 Å². The van der Waals surface area contributed by atoms with Crippen LogP contribution in [0, 0.1) is 0 Å². The normalized spacial score (nSPS) is 14.8. The average molecular weight is 1090 g/mol. The fourth-order valence-electron chi connectivity index (χ4n) is 16.0. The van der Waals surface area contributed by atoms with Gasteiger partial charge in [0.15, 0.2) is 0 Å². The van der Waals surface area contributed by atoms with E-state index < -0.39 is 0 Å². The minimum atomic E-state index is -0.390. The Labute approximate surface area is 493 Å². The van der Waals surface area contributed by atoms with Crippen molar-refractivity contribution in [2.45, 2.75) is 57.8 Å². The Balaban J connectivity index is 0.835. The number of para-hydroxylation sites is 4. The van der Waals surface area contributed by atoms with Crippen LogP contribution in [-0.2, 0) is 16.2 Å². The first-order valence-corrected chi connectivity index (χ1v) is 29.9. The van der Waals surface area contributed by atoms with Gasteiger partial charge < -0.3 is 18.3 Å². The van der Waals surface area contributed by atoms with E-state index in [0.717, 1.165) is 72.4 Å². The number of rotatable bonds is 6. The average Bonchev–Trinajstić information content (AvgIpc) is 1.55. The zero-order chi connectivity index (χ0) is 56.8. The van der Waals surface area contributed by atoms with Gasteiger partial charge in [0.05, 0.1) is 11.0 Å². The van der Waals surface area contributed by atoms with Gasteiger partial charge in [-0.25, -0.2) is 0 Å². The lowest BCUT2D eigenvalue weighted by Crippen LogP contribution is -2.24. The number of hydrogen-bond donors (Lipinski definition) is 0. The summed E-state index contributed by atoms with van der Waals surface area (Å²) < 4.78 is 16.6. The van der Waals surface area contributed by atoms with Crippen LogP contribution in [-0.4, -0.2) is 4.57 Å². The second kappa shape index (κ2) is 17.0. The molecule has 0 N–H and O–H groups in total. The highest BCUT2D eigenvalue weighted by molar-refractivity contribution is 6.22. The van der Waals surface area contributed by atoms with Gasteiger partial charge in [-0.15, -0.1) is 0 Å². The highest BCUT2D eigenvalue weighted by Gasteiger charge is 2.49. The molecular weight excluding hydrogens is 1030 g/mol. The molecule has 3 aliphatic rings. The van der Waals surface area contributed by atoms with Crippen LogP contribution in [0.5, 0.6) is 0 Å². The summed E-state index contributed by atoms with van der Waals surface area (Å²) in [6.07, 6.45) is 0. The summed E-state index contributed by atoms with van der Waals surface area (Å²) in [6.45, 7) is 14.6. The molecule has 85 heavy (non-hydrogen) atoms. The number of anilines is 3. The molecule has 3 aromatic heterocycles. The first-order chi connectivity index (χ1) is 41.4. The molecule has 0 fully saturated rings. The van der Waals surface area contributed by atoms with Gasteiger partial charge in [-0.3, -0.25) is 0 Å². The Hall–Kier alpha value is -10.2. The third kappa shape index (κ3) is 6.46. The zero-order valence-corrected chi connectivity index (χ0v) is 48.3. The molecule has 18 rings (SSSR count). The van der Waals surface area contributed by atoms with Crippen LogP contribution in [0.2, 0.25) is 0 Å². The molecule has 0 aliphatic heterocycles. The molecule has 3 heterocycles. The van der Waals surface area contributed by atoms with Crippen LogP contribution in [0.4, 0.5) is 17.1 Å². The van der Waals surface area contributed by atoms with Crippen molar-refractivity contribution in [3.63, 3.8) is 0 Å². The minimum Gasteiger partial charge on any atom is -0.455 e. The molecule has 0 amide bonds. The van der Waals surface area contributed by atoms with E-state index in [0.29, 0.717) is 0 Å². The smallest absolute Gasteiger partial charge is 0.144 e. The molecule has 4 nitrogen and oxygen atoms in total. The molecule has 4 heteroatoms. The summed E-state index contributed by atoms with van der Waals surface area (Å²) in [5.41, 5.74) is 29.7. The van der Waals surface area contributed by atoms with E-state index in [4.69, 9.17) is 8.83 Å². The standard InChI is InChI=1S/C81H58N2O2/c1-79(2)63-44-52(38-41-57(63)70-65(79)46-61(77-72(70)59-27-15-19-31-68(59)84-77)49-35-40-55-54-25-14-18-30-66(54)83(67(55)43-49)50-23-11-8-12-24-50)82(51-36-33-48(34-37-51)47-21-9-7-10-22-47)53-39-42-58-64(45-53)81(5,6)75-71(58)73-60-28-16-20-32-69(60)85-78(73)74-56-26-13-17-29-62(56)80(3,4)76(74)75/h7-46H,1-6H3. The van der Waals surface area contributed by atoms with Crippen LogP contribution in [0.15, 0.2) is 251 Å². The van der Waals surface area contributed by atoms with E-state index >= 15 is 0 Å². The monoisotopic (exact) mass is 1090 g/mol. The van der Waals surface area contributed by atoms with Crippen molar-refractivity contribution in [3.8, 4) is 61.3 Å². The Morgan fingerprint density at radius 3 is 1.54 bits per heavy atom. The van der Waals surface area contributed by atoms with E-state index in [1.54, 1.807) is 0 Å². The van der Waals surface area contributed by atoms with Gasteiger partial charge in [-0.1, -0.05) is 205 Å². The zero-order valence-electron chi connectivity index (χ0n) is 48.3. The second-order valence-electron chi connectivity index (χ2n) is 25.5. The number of aromatic nitrogens is 1. The van der Waals surface area contributed by atoms with Gasteiger partial charge in [0.1, 0.15) is 22.3 Å². The molecule has 0 atom stereocenters. The Bertz CT molecular complexity index is 5380. The van der Waals surface area contributed by atoms with Crippen LogP contribution >= 0.6 is 0 Å². The minimum absolute atomic E-state index is 0.251. The van der Waals surface area contributed by atoms with Gasteiger partial charge in [-0.05, 0) is 157 Å². The quantitative estimate of drug-likeness (QED) is 0.166. The van der Waals surface area contributed by atoms with Gasteiger partial charge in [0.2, 0.25) is 0 Å². The van der Waals surface area contributed by atoms with Crippen molar-refractivity contribution in [3.05, 3.63) is 276 Å². The Morgan fingerprint density at radius 1 is 0.318 bits per heavy atom. The molecule has 15 aromatic rings. The highest BCUT2D eigenvalue weighted by Crippen LogP contribution is 2.64. The Kier molecular flexibility index (Phi) is 9.67. The fraction of sp³-hybridized carbons (Fsp3) is 0.111.